The van der Waals surface area contributed by atoms with Crippen LogP contribution >= 0.6 is 0 Å². The van der Waals surface area contributed by atoms with Crippen molar-refractivity contribution in [3.8, 4) is 0 Å². The Morgan fingerprint density at radius 1 is 0.586 bits per heavy atom. The quantitative estimate of drug-likeness (QED) is 0.0848. The monoisotopic (exact) mass is 951 g/mol. The van der Waals surface area contributed by atoms with Gasteiger partial charge in [0.2, 0.25) is 35.4 Å². The minimum atomic E-state index is -1.36. The number of aliphatic carboxylic acids is 1. The Labute approximate surface area is 405 Å². The number of amides is 6. The molecule has 6 amide bonds. The number of carboxylic acids is 1. The number of aromatic amines is 1. The number of H-pyrrole nitrogens is 1. The minimum Gasteiger partial charge on any atom is -0.480 e. The van der Waals surface area contributed by atoms with Gasteiger partial charge in [0.25, 0.3) is 0 Å². The van der Waals surface area contributed by atoms with Gasteiger partial charge in [-0.05, 0) is 89.4 Å². The number of rotatable bonds is 11. The first-order chi connectivity index (χ1) is 33.8. The maximum atomic E-state index is 14.8. The van der Waals surface area contributed by atoms with Gasteiger partial charge < -0.3 is 53.5 Å². The van der Waals surface area contributed by atoms with Crippen LogP contribution in [0.15, 0.2) is 115 Å². The van der Waals surface area contributed by atoms with E-state index in [1.54, 1.807) is 6.20 Å². The highest BCUT2D eigenvalue weighted by Crippen LogP contribution is 2.22. The zero-order valence-corrected chi connectivity index (χ0v) is 38.9. The highest BCUT2D eigenvalue weighted by atomic mass is 16.4. The van der Waals surface area contributed by atoms with E-state index >= 15 is 0 Å². The number of para-hydroxylation sites is 1. The number of hydrogen-bond donors (Lipinski definition) is 10. The van der Waals surface area contributed by atoms with Crippen molar-refractivity contribution in [2.45, 2.75) is 100 Å². The fourth-order valence-corrected chi connectivity index (χ4v) is 8.80. The molecule has 6 atom stereocenters. The fourth-order valence-electron chi connectivity index (χ4n) is 8.80. The van der Waals surface area contributed by atoms with Crippen LogP contribution in [0.2, 0.25) is 0 Å². The zero-order chi connectivity index (χ0) is 49.6. The van der Waals surface area contributed by atoms with Crippen LogP contribution in [0.4, 0.5) is 0 Å². The molecule has 0 unspecified atom stereocenters. The number of carboxylic acid groups (broad SMARTS) is 1. The number of carbonyl (C=O) groups excluding carboxylic acids is 6. The fraction of sp³-hybridized carbons (Fsp3) is 0.340. The van der Waals surface area contributed by atoms with E-state index < -0.39 is 84.1 Å². The molecule has 17 heteroatoms. The van der Waals surface area contributed by atoms with Gasteiger partial charge in [0.05, 0.1) is 12.5 Å². The molecule has 70 heavy (non-hydrogen) atoms. The van der Waals surface area contributed by atoms with Crippen LogP contribution in [0.5, 0.6) is 0 Å². The van der Waals surface area contributed by atoms with Crippen molar-refractivity contribution in [1.82, 2.24) is 36.9 Å². The molecule has 1 fully saturated rings. The van der Waals surface area contributed by atoms with Crippen LogP contribution in [0.1, 0.15) is 61.6 Å². The van der Waals surface area contributed by atoms with E-state index in [2.05, 4.69) is 36.9 Å². The molecule has 0 bridgehead atoms. The summed E-state index contributed by atoms with van der Waals surface area (Å²) in [5.41, 5.74) is 15.0. The first-order valence-electron chi connectivity index (χ1n) is 23.8. The molecule has 1 aliphatic rings. The van der Waals surface area contributed by atoms with E-state index in [0.717, 1.165) is 32.4 Å². The van der Waals surface area contributed by atoms with E-state index in [1.807, 2.05) is 109 Å². The lowest BCUT2D eigenvalue weighted by Crippen LogP contribution is -2.60. The van der Waals surface area contributed by atoms with E-state index in [9.17, 15) is 38.7 Å². The first-order valence-corrected chi connectivity index (χ1v) is 23.8. The van der Waals surface area contributed by atoms with Crippen molar-refractivity contribution in [2.75, 3.05) is 13.1 Å². The Balaban J connectivity index is 1.24. The Morgan fingerprint density at radius 2 is 1.11 bits per heavy atom. The number of benzene rings is 5. The lowest BCUT2D eigenvalue weighted by atomic mass is 9.98. The number of hydrogen-bond acceptors (Lipinski definition) is 9. The average molecular weight is 952 g/mol. The molecule has 0 spiro atoms. The summed E-state index contributed by atoms with van der Waals surface area (Å²) in [6.07, 6.45) is 2.90. The predicted octanol–water partition coefficient (Wildman–Crippen LogP) is 3.16. The van der Waals surface area contributed by atoms with Gasteiger partial charge in [-0.3, -0.25) is 28.8 Å². The summed E-state index contributed by atoms with van der Waals surface area (Å²) in [4.78, 5) is 101. The summed E-state index contributed by atoms with van der Waals surface area (Å²) in [6, 6.07) is 26.2. The van der Waals surface area contributed by atoms with Crippen molar-refractivity contribution in [3.05, 3.63) is 132 Å². The normalized spacial score (nSPS) is 21.8. The van der Waals surface area contributed by atoms with Gasteiger partial charge in [-0.15, -0.1) is 0 Å². The molecule has 1 saturated heterocycles. The molecule has 12 N–H and O–H groups in total. The molecule has 0 saturated carbocycles. The molecule has 17 nitrogen and oxygen atoms in total. The molecule has 0 aliphatic carbocycles. The Morgan fingerprint density at radius 3 is 1.73 bits per heavy atom. The molecular formula is C53H61N9O8. The number of fused-ring (bicyclic) bond motifs is 3. The molecule has 7 rings (SSSR count). The summed E-state index contributed by atoms with van der Waals surface area (Å²) in [6.45, 7) is 0.439. The number of aromatic nitrogens is 1. The second kappa shape index (κ2) is 24.1. The molecule has 1 aromatic heterocycles. The Bertz CT molecular complexity index is 2850. The van der Waals surface area contributed by atoms with Crippen LogP contribution in [0, 0.1) is 0 Å². The number of carbonyl (C=O) groups is 7. The SMILES string of the molecule is NCCCC[C@@H]1NC(=O)[C@@H](Cc2ccc3ccccc3c2)NC(=O)[C@H](Cc2c[nH]c3ccccc23)NC(=O)[C@@H](N)CC(=O)NCCCC[C@@H](C(=O)O)NC(=O)[C@H](Cc2ccc3ccccc3c2)NC1=O. The van der Waals surface area contributed by atoms with Crippen molar-refractivity contribution in [1.29, 1.82) is 0 Å². The topological polar surface area (TPSA) is 280 Å². The maximum Gasteiger partial charge on any atom is 0.326 e. The van der Waals surface area contributed by atoms with Gasteiger partial charge >= 0.3 is 5.97 Å². The summed E-state index contributed by atoms with van der Waals surface area (Å²) in [5, 5.41) is 31.3. The molecular weight excluding hydrogens is 891 g/mol. The summed E-state index contributed by atoms with van der Waals surface area (Å²) < 4.78 is 0. The van der Waals surface area contributed by atoms with E-state index in [1.165, 1.54) is 0 Å². The van der Waals surface area contributed by atoms with Gasteiger partial charge in [-0.25, -0.2) is 4.79 Å². The first kappa shape index (κ1) is 50.3. The van der Waals surface area contributed by atoms with Gasteiger partial charge in [0, 0.05) is 42.9 Å². The van der Waals surface area contributed by atoms with Crippen LogP contribution in [0.25, 0.3) is 32.4 Å². The standard InChI is InChI=1S/C53H61N9O8/c54-23-9-7-17-42-49(65)61-45(28-33-20-22-35-12-2-4-14-37(35)26-33)51(67)59-43(53(69)70)18-8-10-24-56-47(63)30-40(55)48(64)60-46(29-38-31-57-41-16-6-5-15-39(38)41)52(68)62-44(50(66)58-42)27-32-19-21-34-11-1-3-13-36(34)25-32/h1-6,11-16,19-22,25-26,31,40,42-46,57H,7-10,17-18,23-24,27-30,54-55H2,(H,56,63)(H,58,66)(H,59,67)(H,60,64)(H,61,65)(H,62,68)(H,69,70)/t40-,42-,43-,44+,45-,46-/m0/s1. The third-order valence-corrected chi connectivity index (χ3v) is 12.7. The number of nitrogens with one attached hydrogen (secondary N) is 7. The molecule has 2 heterocycles. The molecule has 0 radical (unpaired) electrons. The second-order valence-corrected chi connectivity index (χ2v) is 17.9. The smallest absolute Gasteiger partial charge is 0.326 e. The Kier molecular flexibility index (Phi) is 17.3. The van der Waals surface area contributed by atoms with E-state index in [4.69, 9.17) is 11.5 Å². The third-order valence-electron chi connectivity index (χ3n) is 12.7. The van der Waals surface area contributed by atoms with Crippen LogP contribution < -0.4 is 43.4 Å². The summed E-state index contributed by atoms with van der Waals surface area (Å²) in [7, 11) is 0. The van der Waals surface area contributed by atoms with Crippen LogP contribution in [-0.4, -0.2) is 101 Å². The average Bonchev–Trinajstić information content (AvgIpc) is 3.76. The van der Waals surface area contributed by atoms with Crippen molar-refractivity contribution in [3.63, 3.8) is 0 Å². The number of nitrogens with two attached hydrogens (primary N) is 2. The van der Waals surface area contributed by atoms with Gasteiger partial charge in [0.1, 0.15) is 30.2 Å². The van der Waals surface area contributed by atoms with Crippen molar-refractivity contribution < 1.29 is 38.7 Å². The highest BCUT2D eigenvalue weighted by Gasteiger charge is 2.34. The second-order valence-electron chi connectivity index (χ2n) is 17.9. The molecule has 6 aromatic rings. The van der Waals surface area contributed by atoms with Gasteiger partial charge in [-0.1, -0.05) is 103 Å². The highest BCUT2D eigenvalue weighted by molar-refractivity contribution is 5.98. The molecule has 1 aliphatic heterocycles. The lowest BCUT2D eigenvalue weighted by molar-refractivity contribution is -0.142. The predicted molar refractivity (Wildman–Crippen MR) is 267 cm³/mol. The maximum absolute atomic E-state index is 14.8. The third kappa shape index (κ3) is 13.5. The van der Waals surface area contributed by atoms with Crippen LogP contribution in [0.3, 0.4) is 0 Å². The largest absolute Gasteiger partial charge is 0.480 e. The summed E-state index contributed by atoms with van der Waals surface area (Å²) >= 11 is 0. The van der Waals surface area contributed by atoms with Crippen molar-refractivity contribution in [2.24, 2.45) is 11.5 Å². The van der Waals surface area contributed by atoms with Crippen LogP contribution in [-0.2, 0) is 52.8 Å². The van der Waals surface area contributed by atoms with Gasteiger partial charge in [-0.2, -0.15) is 0 Å². The zero-order valence-electron chi connectivity index (χ0n) is 38.9. The van der Waals surface area contributed by atoms with Gasteiger partial charge in [0.15, 0.2) is 0 Å². The van der Waals surface area contributed by atoms with Crippen molar-refractivity contribution >= 4 is 73.9 Å². The Hall–Kier alpha value is -7.63. The summed E-state index contributed by atoms with van der Waals surface area (Å²) in [5.74, 6) is -5.51. The van der Waals surface area contributed by atoms with E-state index in [-0.39, 0.29) is 45.1 Å². The lowest BCUT2D eigenvalue weighted by Gasteiger charge is -2.27. The molecule has 5 aromatic carbocycles. The number of unbranched alkanes of at least 4 members (excludes halogenated alkanes) is 1. The minimum absolute atomic E-state index is 0.00468. The van der Waals surface area contributed by atoms with E-state index in [0.29, 0.717) is 42.5 Å². The molecule has 366 valence electrons.